The Morgan fingerprint density at radius 3 is 2.83 bits per heavy atom. The maximum atomic E-state index is 12.6. The molecule has 0 bridgehead atoms. The fourth-order valence-electron chi connectivity index (χ4n) is 3.82. The minimum Gasteiger partial charge on any atom is -0.378 e. The first-order chi connectivity index (χ1) is 8.86. The highest BCUT2D eigenvalue weighted by atomic mass is 16.5. The molecule has 2 saturated heterocycles. The minimum atomic E-state index is -0.0978. The van der Waals surface area contributed by atoms with Crippen LogP contribution in [0.15, 0.2) is 0 Å². The second-order valence-corrected chi connectivity index (χ2v) is 5.87. The summed E-state index contributed by atoms with van der Waals surface area (Å²) in [6.07, 6.45) is 7.68. The SMILES string of the molecule is O=C(C1COCCN1)N1CCC[C@H]2CCCC[C@H]21. The Morgan fingerprint density at radius 1 is 1.17 bits per heavy atom. The molecule has 4 nitrogen and oxygen atoms in total. The van der Waals surface area contributed by atoms with E-state index in [1.165, 1.54) is 38.5 Å². The van der Waals surface area contributed by atoms with Crippen molar-refractivity contribution in [1.29, 1.82) is 0 Å². The van der Waals surface area contributed by atoms with Crippen molar-refractivity contribution in [2.75, 3.05) is 26.3 Å². The molecule has 4 heteroatoms. The van der Waals surface area contributed by atoms with Crippen LogP contribution in [0, 0.1) is 5.92 Å². The highest BCUT2D eigenvalue weighted by Gasteiger charge is 2.38. The van der Waals surface area contributed by atoms with E-state index in [1.807, 2.05) is 0 Å². The van der Waals surface area contributed by atoms with Gasteiger partial charge in [-0.05, 0) is 31.6 Å². The molecule has 1 aliphatic carbocycles. The van der Waals surface area contributed by atoms with E-state index in [-0.39, 0.29) is 11.9 Å². The lowest BCUT2D eigenvalue weighted by atomic mass is 9.78. The van der Waals surface area contributed by atoms with Crippen LogP contribution in [0.25, 0.3) is 0 Å². The van der Waals surface area contributed by atoms with Crippen LogP contribution in [0.4, 0.5) is 0 Å². The van der Waals surface area contributed by atoms with E-state index in [1.54, 1.807) is 0 Å². The maximum absolute atomic E-state index is 12.6. The predicted octanol–water partition coefficient (Wildman–Crippen LogP) is 1.16. The number of hydrogen-bond donors (Lipinski definition) is 1. The topological polar surface area (TPSA) is 41.6 Å². The molecule has 3 aliphatic rings. The van der Waals surface area contributed by atoms with Crippen molar-refractivity contribution >= 4 is 5.91 Å². The van der Waals surface area contributed by atoms with Gasteiger partial charge in [-0.3, -0.25) is 4.79 Å². The highest BCUT2D eigenvalue weighted by Crippen LogP contribution is 2.35. The first-order valence-electron chi connectivity index (χ1n) is 7.48. The van der Waals surface area contributed by atoms with Gasteiger partial charge >= 0.3 is 0 Å². The molecule has 1 saturated carbocycles. The van der Waals surface area contributed by atoms with Gasteiger partial charge in [-0.1, -0.05) is 12.8 Å². The van der Waals surface area contributed by atoms with E-state index in [2.05, 4.69) is 10.2 Å². The Hall–Kier alpha value is -0.610. The van der Waals surface area contributed by atoms with Crippen LogP contribution in [-0.4, -0.2) is 49.2 Å². The van der Waals surface area contributed by atoms with Crippen LogP contribution >= 0.6 is 0 Å². The van der Waals surface area contributed by atoms with E-state index in [9.17, 15) is 4.79 Å². The number of rotatable bonds is 1. The molecule has 3 rings (SSSR count). The Balaban J connectivity index is 1.67. The van der Waals surface area contributed by atoms with Gasteiger partial charge in [0.25, 0.3) is 0 Å². The summed E-state index contributed by atoms with van der Waals surface area (Å²) in [5.41, 5.74) is 0. The van der Waals surface area contributed by atoms with E-state index >= 15 is 0 Å². The van der Waals surface area contributed by atoms with E-state index < -0.39 is 0 Å². The largest absolute Gasteiger partial charge is 0.378 e. The van der Waals surface area contributed by atoms with Gasteiger partial charge in [0.1, 0.15) is 6.04 Å². The van der Waals surface area contributed by atoms with E-state index in [0.717, 1.165) is 25.6 Å². The van der Waals surface area contributed by atoms with Gasteiger partial charge in [-0.15, -0.1) is 0 Å². The second kappa shape index (κ2) is 5.57. The summed E-state index contributed by atoms with van der Waals surface area (Å²) in [5, 5.41) is 3.30. The molecule has 1 amide bonds. The molecule has 2 heterocycles. The lowest BCUT2D eigenvalue weighted by molar-refractivity contribution is -0.142. The Morgan fingerprint density at radius 2 is 2.00 bits per heavy atom. The number of likely N-dealkylation sites (tertiary alicyclic amines) is 1. The number of carbonyl (C=O) groups is 1. The fraction of sp³-hybridized carbons (Fsp3) is 0.929. The molecule has 102 valence electrons. The lowest BCUT2D eigenvalue weighted by Gasteiger charge is -2.45. The third kappa shape index (κ3) is 2.41. The van der Waals surface area contributed by atoms with Gasteiger partial charge in [-0.25, -0.2) is 0 Å². The van der Waals surface area contributed by atoms with E-state index in [0.29, 0.717) is 12.6 Å². The fourth-order valence-corrected chi connectivity index (χ4v) is 3.82. The van der Waals surface area contributed by atoms with Crippen molar-refractivity contribution < 1.29 is 9.53 Å². The molecule has 1 unspecified atom stereocenters. The third-order valence-electron chi connectivity index (χ3n) is 4.75. The number of carbonyl (C=O) groups excluding carboxylic acids is 1. The number of piperidine rings is 1. The van der Waals surface area contributed by atoms with Crippen molar-refractivity contribution in [3.63, 3.8) is 0 Å². The molecule has 3 atom stereocenters. The summed E-state index contributed by atoms with van der Waals surface area (Å²) in [4.78, 5) is 14.8. The highest BCUT2D eigenvalue weighted by molar-refractivity contribution is 5.82. The molecular weight excluding hydrogens is 228 g/mol. The Bertz CT molecular complexity index is 300. The van der Waals surface area contributed by atoms with Crippen molar-refractivity contribution in [2.24, 2.45) is 5.92 Å². The summed E-state index contributed by atoms with van der Waals surface area (Å²) < 4.78 is 5.42. The number of ether oxygens (including phenoxy) is 1. The normalized spacial score (nSPS) is 37.1. The predicted molar refractivity (Wildman–Crippen MR) is 69.3 cm³/mol. The van der Waals surface area contributed by atoms with Gasteiger partial charge in [0, 0.05) is 19.1 Å². The molecule has 0 aromatic carbocycles. The van der Waals surface area contributed by atoms with Gasteiger partial charge < -0.3 is 15.0 Å². The Kier molecular flexibility index (Phi) is 3.85. The van der Waals surface area contributed by atoms with Crippen molar-refractivity contribution in [1.82, 2.24) is 10.2 Å². The average molecular weight is 252 g/mol. The zero-order valence-corrected chi connectivity index (χ0v) is 11.1. The van der Waals surface area contributed by atoms with Crippen molar-refractivity contribution in [3.8, 4) is 0 Å². The van der Waals surface area contributed by atoms with E-state index in [4.69, 9.17) is 4.74 Å². The van der Waals surface area contributed by atoms with Crippen LogP contribution < -0.4 is 5.32 Å². The first-order valence-corrected chi connectivity index (χ1v) is 7.48. The quantitative estimate of drug-likeness (QED) is 0.761. The summed E-state index contributed by atoms with van der Waals surface area (Å²) in [6.45, 7) is 3.04. The van der Waals surface area contributed by atoms with Gasteiger partial charge in [0.2, 0.25) is 5.91 Å². The number of nitrogens with zero attached hydrogens (tertiary/aromatic N) is 1. The molecule has 0 aromatic rings. The smallest absolute Gasteiger partial charge is 0.242 e. The van der Waals surface area contributed by atoms with Crippen LogP contribution in [0.1, 0.15) is 38.5 Å². The lowest BCUT2D eigenvalue weighted by Crippen LogP contribution is -2.58. The first kappa shape index (κ1) is 12.4. The van der Waals surface area contributed by atoms with Crippen molar-refractivity contribution in [2.45, 2.75) is 50.6 Å². The summed E-state index contributed by atoms with van der Waals surface area (Å²) in [6, 6.07) is 0.420. The van der Waals surface area contributed by atoms with Crippen molar-refractivity contribution in [3.05, 3.63) is 0 Å². The van der Waals surface area contributed by atoms with Crippen LogP contribution in [0.2, 0.25) is 0 Å². The number of nitrogens with one attached hydrogen (secondary N) is 1. The number of fused-ring (bicyclic) bond motifs is 1. The molecular formula is C14H24N2O2. The number of amides is 1. The van der Waals surface area contributed by atoms with Crippen LogP contribution in [0.5, 0.6) is 0 Å². The summed E-state index contributed by atoms with van der Waals surface area (Å²) >= 11 is 0. The van der Waals surface area contributed by atoms with Crippen LogP contribution in [-0.2, 0) is 9.53 Å². The van der Waals surface area contributed by atoms with Crippen LogP contribution in [0.3, 0.4) is 0 Å². The van der Waals surface area contributed by atoms with Gasteiger partial charge in [-0.2, -0.15) is 0 Å². The molecule has 18 heavy (non-hydrogen) atoms. The number of hydrogen-bond acceptors (Lipinski definition) is 3. The molecule has 0 aromatic heterocycles. The maximum Gasteiger partial charge on any atom is 0.242 e. The monoisotopic (exact) mass is 252 g/mol. The zero-order chi connectivity index (χ0) is 12.4. The van der Waals surface area contributed by atoms with Gasteiger partial charge in [0.15, 0.2) is 0 Å². The molecule has 0 spiro atoms. The molecule has 3 fully saturated rings. The molecule has 0 radical (unpaired) electrons. The summed E-state index contributed by atoms with van der Waals surface area (Å²) in [5.74, 6) is 1.05. The number of morpholine rings is 1. The second-order valence-electron chi connectivity index (χ2n) is 5.87. The zero-order valence-electron chi connectivity index (χ0n) is 11.1. The standard InChI is InChI=1S/C14H24N2O2/c17-14(12-10-18-9-7-15-12)16-8-3-5-11-4-1-2-6-13(11)16/h11-13,15H,1-10H2/t11-,12?,13-/m1/s1. The van der Waals surface area contributed by atoms with Gasteiger partial charge in [0.05, 0.1) is 13.2 Å². The molecule has 1 N–H and O–H groups in total. The average Bonchev–Trinajstić information content (AvgIpc) is 2.47. The minimum absolute atomic E-state index is 0.0978. The third-order valence-corrected chi connectivity index (χ3v) is 4.75. The summed E-state index contributed by atoms with van der Waals surface area (Å²) in [7, 11) is 0. The Labute approximate surface area is 109 Å². The molecule has 2 aliphatic heterocycles.